The highest BCUT2D eigenvalue weighted by Crippen LogP contribution is 2.13. The summed E-state index contributed by atoms with van der Waals surface area (Å²) >= 11 is 0. The van der Waals surface area contributed by atoms with E-state index in [0.29, 0.717) is 17.9 Å². The van der Waals surface area contributed by atoms with Crippen molar-refractivity contribution < 1.29 is 19.1 Å². The summed E-state index contributed by atoms with van der Waals surface area (Å²) in [6.07, 6.45) is -0.678. The van der Waals surface area contributed by atoms with Crippen molar-refractivity contribution in [3.63, 3.8) is 0 Å². The zero-order valence-corrected chi connectivity index (χ0v) is 13.0. The van der Waals surface area contributed by atoms with Crippen LogP contribution in [-0.4, -0.2) is 30.7 Å². The number of nitrogens with two attached hydrogens (primary N) is 2. The summed E-state index contributed by atoms with van der Waals surface area (Å²) in [5, 5.41) is 3.79. The van der Waals surface area contributed by atoms with E-state index in [2.05, 4.69) is 15.4 Å². The summed E-state index contributed by atoms with van der Waals surface area (Å²) in [4.78, 5) is 15.9. The zero-order valence-electron chi connectivity index (χ0n) is 13.0. The third kappa shape index (κ3) is 6.91. The molecule has 0 aliphatic rings. The second-order valence-corrected chi connectivity index (χ2v) is 5.36. The summed E-state index contributed by atoms with van der Waals surface area (Å²) in [5.74, 6) is 5.63. The fraction of sp³-hybridized carbons (Fsp3) is 0.429. The maximum atomic E-state index is 11.5. The van der Waals surface area contributed by atoms with Crippen LogP contribution in [0, 0.1) is 0 Å². The van der Waals surface area contributed by atoms with Gasteiger partial charge in [0.1, 0.15) is 24.6 Å². The average molecular weight is 310 g/mol. The third-order valence-corrected chi connectivity index (χ3v) is 2.27. The number of amidine groups is 1. The van der Waals surface area contributed by atoms with Crippen LogP contribution >= 0.6 is 0 Å². The molecule has 0 atom stereocenters. The van der Waals surface area contributed by atoms with Crippen molar-refractivity contribution in [2.75, 3.05) is 13.2 Å². The number of benzene rings is 1. The highest BCUT2D eigenvalue weighted by molar-refractivity contribution is 5.98. The number of rotatable bonds is 6. The van der Waals surface area contributed by atoms with Gasteiger partial charge in [-0.15, -0.1) is 0 Å². The topological polar surface area (TPSA) is 121 Å². The van der Waals surface area contributed by atoms with E-state index in [1.54, 1.807) is 45.0 Å². The third-order valence-electron chi connectivity index (χ3n) is 2.27. The molecule has 1 aromatic carbocycles. The first-order valence-corrected chi connectivity index (χ1v) is 6.69. The van der Waals surface area contributed by atoms with Crippen molar-refractivity contribution in [1.82, 2.24) is 5.43 Å². The van der Waals surface area contributed by atoms with E-state index in [9.17, 15) is 4.79 Å². The van der Waals surface area contributed by atoms with Gasteiger partial charge in [0.15, 0.2) is 5.84 Å². The Balaban J connectivity index is 2.64. The smallest absolute Gasteiger partial charge is 0.428 e. The lowest BCUT2D eigenvalue weighted by atomic mass is 10.2. The number of hydrogen-bond donors (Lipinski definition) is 3. The standard InChI is InChI=1S/C14H22N4O4/c1-14(2,3)22-13(19)18-17-12(15)10-5-4-6-11(9-10)20-7-8-21-16/h4-6,9H,7-8,16H2,1-3H3,(H2,15,17)(H,18,19). The molecule has 0 fully saturated rings. The molecule has 0 saturated heterocycles. The minimum atomic E-state index is -0.678. The molecule has 1 aromatic rings. The molecule has 0 bridgehead atoms. The van der Waals surface area contributed by atoms with Crippen LogP contribution in [0.4, 0.5) is 4.79 Å². The molecule has 0 heterocycles. The molecule has 0 saturated carbocycles. The maximum absolute atomic E-state index is 11.5. The van der Waals surface area contributed by atoms with E-state index in [1.807, 2.05) is 0 Å². The average Bonchev–Trinajstić information content (AvgIpc) is 2.43. The van der Waals surface area contributed by atoms with Gasteiger partial charge in [0.25, 0.3) is 0 Å². The summed E-state index contributed by atoms with van der Waals surface area (Å²) in [6, 6.07) is 6.94. The van der Waals surface area contributed by atoms with Crippen LogP contribution in [0.3, 0.4) is 0 Å². The molecule has 0 unspecified atom stereocenters. The van der Waals surface area contributed by atoms with Gasteiger partial charge in [0, 0.05) is 5.56 Å². The Kier molecular flexibility index (Phi) is 6.61. The van der Waals surface area contributed by atoms with E-state index in [-0.39, 0.29) is 12.4 Å². The van der Waals surface area contributed by atoms with Crippen molar-refractivity contribution in [1.29, 1.82) is 0 Å². The highest BCUT2D eigenvalue weighted by atomic mass is 16.6. The quantitative estimate of drug-likeness (QED) is 0.313. The van der Waals surface area contributed by atoms with Gasteiger partial charge in [-0.25, -0.2) is 16.1 Å². The number of hydrogen-bond acceptors (Lipinski definition) is 6. The largest absolute Gasteiger partial charge is 0.491 e. The lowest BCUT2D eigenvalue weighted by molar-refractivity contribution is 0.0529. The van der Waals surface area contributed by atoms with Gasteiger partial charge in [-0.05, 0) is 32.9 Å². The van der Waals surface area contributed by atoms with Crippen LogP contribution < -0.4 is 21.8 Å². The molecule has 0 spiro atoms. The second-order valence-electron chi connectivity index (χ2n) is 5.36. The lowest BCUT2D eigenvalue weighted by Gasteiger charge is -2.18. The molecule has 8 heteroatoms. The number of hydrazone groups is 1. The van der Waals surface area contributed by atoms with Crippen molar-refractivity contribution in [2.24, 2.45) is 16.7 Å². The van der Waals surface area contributed by atoms with Crippen molar-refractivity contribution in [2.45, 2.75) is 26.4 Å². The highest BCUT2D eigenvalue weighted by Gasteiger charge is 2.15. The first-order chi connectivity index (χ1) is 10.3. The molecule has 0 radical (unpaired) electrons. The van der Waals surface area contributed by atoms with Gasteiger partial charge in [0.05, 0.1) is 0 Å². The minimum absolute atomic E-state index is 0.131. The Hall–Kier alpha value is -2.32. The number of ether oxygens (including phenoxy) is 2. The number of amides is 1. The van der Waals surface area contributed by atoms with Crippen molar-refractivity contribution >= 4 is 11.9 Å². The number of nitrogens with one attached hydrogen (secondary N) is 1. The van der Waals surface area contributed by atoms with Crippen LogP contribution in [0.25, 0.3) is 0 Å². The normalized spacial score (nSPS) is 11.9. The van der Waals surface area contributed by atoms with E-state index in [1.165, 1.54) is 0 Å². The Labute approximate surface area is 129 Å². The summed E-state index contributed by atoms with van der Waals surface area (Å²) in [7, 11) is 0. The van der Waals surface area contributed by atoms with Gasteiger partial charge < -0.3 is 20.0 Å². The van der Waals surface area contributed by atoms with Gasteiger partial charge in [-0.1, -0.05) is 12.1 Å². The summed E-state index contributed by atoms with van der Waals surface area (Å²) in [5.41, 5.74) is 8.04. The SMILES string of the molecule is CC(C)(C)OC(=O)N/N=C(\N)c1cccc(OCCON)c1. The lowest BCUT2D eigenvalue weighted by Crippen LogP contribution is -2.31. The Morgan fingerprint density at radius 2 is 2.05 bits per heavy atom. The number of carbonyl (C=O) groups excluding carboxylic acids is 1. The molecule has 122 valence electrons. The van der Waals surface area contributed by atoms with Crippen molar-refractivity contribution in [3.8, 4) is 5.75 Å². The minimum Gasteiger partial charge on any atom is -0.491 e. The fourth-order valence-electron chi connectivity index (χ4n) is 1.42. The van der Waals surface area contributed by atoms with E-state index < -0.39 is 11.7 Å². The Bertz CT molecular complexity index is 526. The first kappa shape index (κ1) is 17.7. The van der Waals surface area contributed by atoms with Crippen LogP contribution in [0.5, 0.6) is 5.75 Å². The summed E-state index contributed by atoms with van der Waals surface area (Å²) in [6.45, 7) is 5.85. The number of carbonyl (C=O) groups is 1. The Morgan fingerprint density at radius 1 is 1.32 bits per heavy atom. The van der Waals surface area contributed by atoms with Gasteiger partial charge in [0.2, 0.25) is 0 Å². The Morgan fingerprint density at radius 3 is 2.68 bits per heavy atom. The molecule has 0 aliphatic carbocycles. The van der Waals surface area contributed by atoms with Gasteiger partial charge in [-0.2, -0.15) is 5.10 Å². The first-order valence-electron chi connectivity index (χ1n) is 6.69. The van der Waals surface area contributed by atoms with Gasteiger partial charge in [-0.3, -0.25) is 0 Å². The predicted octanol–water partition coefficient (Wildman–Crippen LogP) is 1.10. The maximum Gasteiger partial charge on any atom is 0.428 e. The van der Waals surface area contributed by atoms with Crippen LogP contribution in [-0.2, 0) is 9.57 Å². The van der Waals surface area contributed by atoms with E-state index in [0.717, 1.165) is 0 Å². The molecule has 22 heavy (non-hydrogen) atoms. The molecule has 5 N–H and O–H groups in total. The van der Waals surface area contributed by atoms with E-state index in [4.69, 9.17) is 21.1 Å². The molecular weight excluding hydrogens is 288 g/mol. The van der Waals surface area contributed by atoms with Crippen LogP contribution in [0.2, 0.25) is 0 Å². The van der Waals surface area contributed by atoms with Crippen LogP contribution in [0.1, 0.15) is 26.3 Å². The molecule has 0 aromatic heterocycles. The fourth-order valence-corrected chi connectivity index (χ4v) is 1.42. The summed E-state index contributed by atoms with van der Waals surface area (Å²) < 4.78 is 10.5. The molecule has 0 aliphatic heterocycles. The zero-order chi connectivity index (χ0) is 16.6. The van der Waals surface area contributed by atoms with E-state index >= 15 is 0 Å². The molecular formula is C14H22N4O4. The predicted molar refractivity (Wildman–Crippen MR) is 82.2 cm³/mol. The molecule has 1 amide bonds. The number of nitrogens with zero attached hydrogens (tertiary/aromatic N) is 1. The van der Waals surface area contributed by atoms with Crippen molar-refractivity contribution in [3.05, 3.63) is 29.8 Å². The van der Waals surface area contributed by atoms with Crippen LogP contribution in [0.15, 0.2) is 29.4 Å². The molecule has 8 nitrogen and oxygen atoms in total. The molecule has 1 rings (SSSR count). The second kappa shape index (κ2) is 8.20. The monoisotopic (exact) mass is 310 g/mol. The van der Waals surface area contributed by atoms with Gasteiger partial charge >= 0.3 is 6.09 Å².